The van der Waals surface area contributed by atoms with Crippen molar-refractivity contribution in [2.24, 2.45) is 0 Å². The Kier molecular flexibility index (Phi) is 5.06. The molecule has 0 aliphatic rings. The summed E-state index contributed by atoms with van der Waals surface area (Å²) < 4.78 is 6.98. The van der Waals surface area contributed by atoms with Crippen LogP contribution >= 0.6 is 31.9 Å². The number of nitrogens with one attached hydrogen (secondary N) is 1. The van der Waals surface area contributed by atoms with Crippen LogP contribution in [0.3, 0.4) is 0 Å². The van der Waals surface area contributed by atoms with Crippen molar-refractivity contribution in [1.29, 1.82) is 0 Å². The van der Waals surface area contributed by atoms with Gasteiger partial charge in [-0.3, -0.25) is 4.79 Å². The molecule has 0 spiro atoms. The first-order valence-electron chi connectivity index (χ1n) is 6.34. The van der Waals surface area contributed by atoms with Crippen LogP contribution in [0.25, 0.3) is 0 Å². The molecule has 0 aliphatic heterocycles. The summed E-state index contributed by atoms with van der Waals surface area (Å²) in [6.07, 6.45) is 0. The number of anilines is 1. The first kappa shape index (κ1) is 16.0. The minimum Gasteiger partial charge on any atom is -0.496 e. The largest absolute Gasteiger partial charge is 0.496 e. The molecule has 110 valence electrons. The zero-order valence-electron chi connectivity index (χ0n) is 12.0. The van der Waals surface area contributed by atoms with Crippen LogP contribution in [0.15, 0.2) is 39.3 Å². The van der Waals surface area contributed by atoms with Crippen molar-refractivity contribution >= 4 is 43.5 Å². The topological polar surface area (TPSA) is 38.3 Å². The number of carbonyl (C=O) groups excluding carboxylic acids is 1. The first-order chi connectivity index (χ1) is 9.93. The molecule has 2 rings (SSSR count). The molecule has 1 N–H and O–H groups in total. The SMILES string of the molecule is COc1c(C)ccc(NC(=O)c2cc(Br)ccc2Br)c1C. The molecule has 0 aliphatic carbocycles. The lowest BCUT2D eigenvalue weighted by Crippen LogP contribution is -2.14. The molecule has 0 bridgehead atoms. The average molecular weight is 413 g/mol. The number of amides is 1. The fourth-order valence-electron chi connectivity index (χ4n) is 2.14. The molecule has 2 aromatic rings. The number of hydrogen-bond donors (Lipinski definition) is 1. The lowest BCUT2D eigenvalue weighted by molar-refractivity contribution is 0.102. The van der Waals surface area contributed by atoms with Gasteiger partial charge in [0.1, 0.15) is 5.75 Å². The minimum atomic E-state index is -0.169. The minimum absolute atomic E-state index is 0.169. The first-order valence-corrected chi connectivity index (χ1v) is 7.93. The Bertz CT molecular complexity index is 699. The van der Waals surface area contributed by atoms with Crippen LogP contribution in [0.5, 0.6) is 5.75 Å². The number of hydrogen-bond acceptors (Lipinski definition) is 2. The Balaban J connectivity index is 2.34. The number of rotatable bonds is 3. The predicted molar refractivity (Wildman–Crippen MR) is 92.3 cm³/mol. The van der Waals surface area contributed by atoms with E-state index in [0.717, 1.165) is 31.5 Å². The second-order valence-corrected chi connectivity index (χ2v) is 6.44. The zero-order chi connectivity index (χ0) is 15.6. The van der Waals surface area contributed by atoms with Gasteiger partial charge in [0.25, 0.3) is 5.91 Å². The van der Waals surface area contributed by atoms with E-state index < -0.39 is 0 Å². The van der Waals surface area contributed by atoms with Crippen LogP contribution in [0, 0.1) is 13.8 Å². The molecular formula is C16H15Br2NO2. The van der Waals surface area contributed by atoms with E-state index in [1.54, 1.807) is 13.2 Å². The third kappa shape index (κ3) is 3.47. The maximum Gasteiger partial charge on any atom is 0.256 e. The van der Waals surface area contributed by atoms with E-state index in [-0.39, 0.29) is 5.91 Å². The van der Waals surface area contributed by atoms with E-state index in [2.05, 4.69) is 37.2 Å². The molecule has 0 saturated heterocycles. The van der Waals surface area contributed by atoms with Gasteiger partial charge in [0.2, 0.25) is 0 Å². The number of ether oxygens (including phenoxy) is 1. The Labute approximate surface area is 141 Å². The fourth-order valence-corrected chi connectivity index (χ4v) is 2.93. The van der Waals surface area contributed by atoms with Crippen molar-refractivity contribution in [2.75, 3.05) is 12.4 Å². The molecule has 0 heterocycles. The van der Waals surface area contributed by atoms with E-state index in [4.69, 9.17) is 4.74 Å². The summed E-state index contributed by atoms with van der Waals surface area (Å²) >= 11 is 6.77. The van der Waals surface area contributed by atoms with E-state index in [1.165, 1.54) is 0 Å². The molecule has 2 aromatic carbocycles. The van der Waals surface area contributed by atoms with Gasteiger partial charge in [-0.05, 0) is 59.6 Å². The number of carbonyl (C=O) groups is 1. The highest BCUT2D eigenvalue weighted by atomic mass is 79.9. The molecule has 3 nitrogen and oxygen atoms in total. The highest BCUT2D eigenvalue weighted by Gasteiger charge is 2.14. The summed E-state index contributed by atoms with van der Waals surface area (Å²) in [7, 11) is 1.63. The fraction of sp³-hybridized carbons (Fsp3) is 0.188. The second-order valence-electron chi connectivity index (χ2n) is 4.67. The van der Waals surface area contributed by atoms with Gasteiger partial charge in [0.15, 0.2) is 0 Å². The van der Waals surface area contributed by atoms with Crippen LogP contribution in [-0.4, -0.2) is 13.0 Å². The van der Waals surface area contributed by atoms with Crippen molar-refractivity contribution in [2.45, 2.75) is 13.8 Å². The van der Waals surface area contributed by atoms with Crippen molar-refractivity contribution in [3.63, 3.8) is 0 Å². The Morgan fingerprint density at radius 1 is 1.14 bits per heavy atom. The van der Waals surface area contributed by atoms with Crippen LogP contribution in [0.1, 0.15) is 21.5 Å². The number of halogens is 2. The standard InChI is InChI=1S/C16H15Br2NO2/c1-9-4-7-14(10(2)15(9)21-3)19-16(20)12-8-11(17)5-6-13(12)18/h4-8H,1-3H3,(H,19,20). The van der Waals surface area contributed by atoms with Gasteiger partial charge < -0.3 is 10.1 Å². The summed E-state index contributed by atoms with van der Waals surface area (Å²) in [4.78, 5) is 12.4. The lowest BCUT2D eigenvalue weighted by Gasteiger charge is -2.14. The predicted octanol–water partition coefficient (Wildman–Crippen LogP) is 5.09. The average Bonchev–Trinajstić information content (AvgIpc) is 2.45. The quantitative estimate of drug-likeness (QED) is 0.762. The van der Waals surface area contributed by atoms with Gasteiger partial charge in [-0.2, -0.15) is 0 Å². The number of benzene rings is 2. The molecule has 0 unspecified atom stereocenters. The Morgan fingerprint density at radius 2 is 1.86 bits per heavy atom. The maximum atomic E-state index is 12.4. The molecule has 0 saturated carbocycles. The van der Waals surface area contributed by atoms with Crippen molar-refractivity contribution in [1.82, 2.24) is 0 Å². The molecular weight excluding hydrogens is 398 g/mol. The van der Waals surface area contributed by atoms with E-state index in [0.29, 0.717) is 5.56 Å². The van der Waals surface area contributed by atoms with Gasteiger partial charge in [0.05, 0.1) is 12.7 Å². The van der Waals surface area contributed by atoms with Gasteiger partial charge in [0, 0.05) is 20.2 Å². The van der Waals surface area contributed by atoms with Gasteiger partial charge in [-0.25, -0.2) is 0 Å². The van der Waals surface area contributed by atoms with Gasteiger partial charge >= 0.3 is 0 Å². The highest BCUT2D eigenvalue weighted by molar-refractivity contribution is 9.11. The molecule has 0 atom stereocenters. The number of aryl methyl sites for hydroxylation is 1. The summed E-state index contributed by atoms with van der Waals surface area (Å²) in [5, 5.41) is 2.93. The summed E-state index contributed by atoms with van der Waals surface area (Å²) in [6.45, 7) is 3.90. The summed E-state index contributed by atoms with van der Waals surface area (Å²) in [5.74, 6) is 0.623. The van der Waals surface area contributed by atoms with E-state index >= 15 is 0 Å². The zero-order valence-corrected chi connectivity index (χ0v) is 15.1. The third-order valence-electron chi connectivity index (χ3n) is 3.23. The smallest absolute Gasteiger partial charge is 0.256 e. The van der Waals surface area contributed by atoms with Crippen molar-refractivity contribution in [3.05, 3.63) is 56.0 Å². The summed E-state index contributed by atoms with van der Waals surface area (Å²) in [5.41, 5.74) is 3.27. The van der Waals surface area contributed by atoms with Crippen LogP contribution in [-0.2, 0) is 0 Å². The van der Waals surface area contributed by atoms with Crippen molar-refractivity contribution < 1.29 is 9.53 Å². The van der Waals surface area contributed by atoms with Gasteiger partial charge in [-0.15, -0.1) is 0 Å². The van der Waals surface area contributed by atoms with Crippen LogP contribution < -0.4 is 10.1 Å². The normalized spacial score (nSPS) is 10.3. The Hall–Kier alpha value is -1.33. The van der Waals surface area contributed by atoms with E-state index in [1.807, 2.05) is 38.1 Å². The Morgan fingerprint density at radius 3 is 2.52 bits per heavy atom. The highest BCUT2D eigenvalue weighted by Crippen LogP contribution is 2.30. The molecule has 0 aromatic heterocycles. The number of methoxy groups -OCH3 is 1. The molecule has 5 heteroatoms. The van der Waals surface area contributed by atoms with Crippen LogP contribution in [0.4, 0.5) is 5.69 Å². The third-order valence-corrected chi connectivity index (χ3v) is 4.41. The molecule has 1 amide bonds. The second kappa shape index (κ2) is 6.62. The van der Waals surface area contributed by atoms with E-state index in [9.17, 15) is 4.79 Å². The lowest BCUT2D eigenvalue weighted by atomic mass is 10.1. The maximum absolute atomic E-state index is 12.4. The molecule has 0 fully saturated rings. The summed E-state index contributed by atoms with van der Waals surface area (Å²) in [6, 6.07) is 9.30. The van der Waals surface area contributed by atoms with Gasteiger partial charge in [-0.1, -0.05) is 22.0 Å². The molecule has 21 heavy (non-hydrogen) atoms. The molecule has 0 radical (unpaired) electrons. The monoisotopic (exact) mass is 411 g/mol. The van der Waals surface area contributed by atoms with Crippen molar-refractivity contribution in [3.8, 4) is 5.75 Å². The van der Waals surface area contributed by atoms with Crippen LogP contribution in [0.2, 0.25) is 0 Å².